The first kappa shape index (κ1) is 16.3. The Balaban J connectivity index is 0. The van der Waals surface area contributed by atoms with Crippen LogP contribution in [0.1, 0.15) is 0 Å². The van der Waals surface area contributed by atoms with E-state index in [0.29, 0.717) is 5.06 Å². The van der Waals surface area contributed by atoms with Gasteiger partial charge in [-0.1, -0.05) is 30.8 Å². The van der Waals surface area contributed by atoms with Gasteiger partial charge in [-0.15, -0.1) is 0 Å². The monoisotopic (exact) mass is 241 g/mol. The number of thiol groups is 1. The van der Waals surface area contributed by atoms with Gasteiger partial charge in [0, 0.05) is 0 Å². The number of hydrogen-bond acceptors (Lipinski definition) is 4. The molecule has 0 spiro atoms. The Morgan fingerprint density at radius 3 is 1.86 bits per heavy atom. The molecule has 0 saturated heterocycles. The van der Waals surface area contributed by atoms with E-state index < -0.39 is 11.8 Å². The van der Waals surface area contributed by atoms with Gasteiger partial charge in [0.05, 0.1) is 0 Å². The molecule has 0 heterocycles. The summed E-state index contributed by atoms with van der Waals surface area (Å²) in [6.45, 7) is 6.36. The summed E-state index contributed by atoms with van der Waals surface area (Å²) in [6, 6.07) is 0. The maximum absolute atomic E-state index is 11.0. The van der Waals surface area contributed by atoms with E-state index in [2.05, 4.69) is 42.8 Å². The molecule has 0 saturated carbocycles. The van der Waals surface area contributed by atoms with Crippen molar-refractivity contribution in [3.05, 3.63) is 25.3 Å². The van der Waals surface area contributed by atoms with E-state index in [-0.39, 0.29) is 33.9 Å². The molecule has 0 aromatic rings. The van der Waals surface area contributed by atoms with Gasteiger partial charge in [-0.3, -0.25) is 9.59 Å². The van der Waals surface area contributed by atoms with Crippen molar-refractivity contribution in [1.29, 1.82) is 0 Å². The van der Waals surface area contributed by atoms with Crippen LogP contribution in [-0.2, 0) is 14.4 Å². The molecule has 72 valence electrons. The van der Waals surface area contributed by atoms with Crippen LogP contribution in [0.2, 0.25) is 0 Å². The van der Waals surface area contributed by atoms with Crippen molar-refractivity contribution in [1.82, 2.24) is 5.06 Å². The molecule has 0 N–H and O–H groups in total. The Morgan fingerprint density at radius 2 is 1.64 bits per heavy atom. The van der Waals surface area contributed by atoms with Crippen LogP contribution < -0.4 is 0 Å². The van der Waals surface area contributed by atoms with Gasteiger partial charge in [-0.25, -0.2) is 0 Å². The van der Waals surface area contributed by atoms with Gasteiger partial charge in [0.25, 0.3) is 16.2 Å². The van der Waals surface area contributed by atoms with Crippen molar-refractivity contribution >= 4 is 70.6 Å². The zero-order valence-electron chi connectivity index (χ0n) is 6.60. The van der Waals surface area contributed by atoms with Crippen molar-refractivity contribution in [3.8, 4) is 0 Å². The summed E-state index contributed by atoms with van der Waals surface area (Å²) in [5, 5.41) is 0.412. The molecule has 0 aliphatic rings. The van der Waals surface area contributed by atoms with Crippen LogP contribution in [0.25, 0.3) is 0 Å². The number of imide groups is 1. The average molecular weight is 241 g/mol. The normalized spacial score (nSPS) is 7.79. The summed E-state index contributed by atoms with van der Waals surface area (Å²) in [7, 11) is 0. The van der Waals surface area contributed by atoms with Gasteiger partial charge >= 0.3 is 29.6 Å². The summed E-state index contributed by atoms with van der Waals surface area (Å²) in [4.78, 5) is 26.5. The molecule has 0 rings (SSSR count). The molecule has 0 aliphatic carbocycles. The fraction of sp³-hybridized carbons (Fsp3) is 0. The Hall–Kier alpha value is -0.140. The van der Waals surface area contributed by atoms with Crippen LogP contribution in [0.15, 0.2) is 25.3 Å². The summed E-state index contributed by atoms with van der Waals surface area (Å²) in [5.74, 6) is -1.47. The first-order valence-corrected chi connectivity index (χ1v) is 3.92. The topological polar surface area (TPSA) is 46.6 Å². The third-order valence-electron chi connectivity index (χ3n) is 0.919. The fourth-order valence-electron chi connectivity index (χ4n) is 0.442. The first-order chi connectivity index (χ1) is 6.02. The molecule has 7 heteroatoms. The number of amides is 2. The number of hydrogen-bond donors (Lipinski definition) is 1. The molecule has 2 amide bonds. The molecular weight excluding hydrogens is 233 g/mol. The first-order valence-electron chi connectivity index (χ1n) is 3.06. The van der Waals surface area contributed by atoms with E-state index in [9.17, 15) is 9.59 Å². The number of nitrogens with zero attached hydrogens (tertiary/aromatic N) is 1. The van der Waals surface area contributed by atoms with Gasteiger partial charge in [0.15, 0.2) is 0 Å². The number of rotatable bonds is 2. The van der Waals surface area contributed by atoms with Crippen LogP contribution in [0.5, 0.6) is 0 Å². The van der Waals surface area contributed by atoms with Crippen LogP contribution in [-0.4, -0.2) is 50.8 Å². The third-order valence-corrected chi connectivity index (χ3v) is 1.08. The van der Waals surface area contributed by atoms with E-state index in [4.69, 9.17) is 0 Å². The second-order valence-corrected chi connectivity index (χ2v) is 2.82. The van der Waals surface area contributed by atoms with Crippen LogP contribution in [0, 0.1) is 0 Å². The van der Waals surface area contributed by atoms with Crippen molar-refractivity contribution in [2.75, 3.05) is 0 Å². The number of thiocarbonyl (C=S) groups is 1. The van der Waals surface area contributed by atoms with E-state index in [1.165, 1.54) is 0 Å². The van der Waals surface area contributed by atoms with Crippen molar-refractivity contribution in [2.24, 2.45) is 0 Å². The predicted molar refractivity (Wildman–Crippen MR) is 62.1 cm³/mol. The summed E-state index contributed by atoms with van der Waals surface area (Å²) in [6.07, 6.45) is 1.82. The molecule has 0 fully saturated rings. The minimum absolute atomic E-state index is 0. The number of hydroxylamine groups is 2. The Kier molecular flexibility index (Phi) is 9.53. The Bertz CT molecular complexity index is 260. The molecule has 0 aliphatic heterocycles. The van der Waals surface area contributed by atoms with Gasteiger partial charge in [0.2, 0.25) is 0 Å². The second-order valence-electron chi connectivity index (χ2n) is 1.74. The van der Waals surface area contributed by atoms with E-state index >= 15 is 0 Å². The summed E-state index contributed by atoms with van der Waals surface area (Å²) >= 11 is 8.03. The Labute approximate surface area is 115 Å². The van der Waals surface area contributed by atoms with Crippen LogP contribution >= 0.6 is 24.8 Å². The van der Waals surface area contributed by atoms with E-state index in [1.54, 1.807) is 0 Å². The third kappa shape index (κ3) is 5.56. The molecule has 0 aromatic carbocycles. The zero-order valence-corrected chi connectivity index (χ0v) is 8.31. The zero-order chi connectivity index (χ0) is 10.4. The van der Waals surface area contributed by atoms with E-state index in [1.807, 2.05) is 0 Å². The standard InChI is InChI=1S/C7H7NO3S2.Na.H/c1-3-5(9)8(6(10)4-2)11-7(12)13;;/h3-4H,1-2H2,(H,12,13);;. The molecule has 0 radical (unpaired) electrons. The van der Waals surface area contributed by atoms with Crippen molar-refractivity contribution in [2.45, 2.75) is 0 Å². The number of carbonyl (C=O) groups excluding carboxylic acids is 2. The molecule has 0 bridgehead atoms. The quantitative estimate of drug-likeness (QED) is 0.247. The number of carbonyl (C=O) groups is 2. The van der Waals surface area contributed by atoms with Crippen LogP contribution in [0.4, 0.5) is 0 Å². The van der Waals surface area contributed by atoms with Gasteiger partial charge in [-0.05, 0) is 24.4 Å². The molecule has 0 aromatic heterocycles. The van der Waals surface area contributed by atoms with Gasteiger partial charge in [0.1, 0.15) is 0 Å². The maximum atomic E-state index is 11.0. The molecule has 14 heavy (non-hydrogen) atoms. The van der Waals surface area contributed by atoms with E-state index in [0.717, 1.165) is 12.2 Å². The molecule has 4 nitrogen and oxygen atoms in total. The fourth-order valence-corrected chi connectivity index (χ4v) is 0.599. The van der Waals surface area contributed by atoms with Crippen molar-refractivity contribution in [3.63, 3.8) is 0 Å². The molecule has 0 atom stereocenters. The predicted octanol–water partition coefficient (Wildman–Crippen LogP) is 0.211. The van der Waals surface area contributed by atoms with Gasteiger partial charge in [-0.2, -0.15) is 0 Å². The summed E-state index contributed by atoms with van der Waals surface area (Å²) in [5.41, 5.74) is 0. The average Bonchev–Trinajstić information content (AvgIpc) is 2.11. The SMILES string of the molecule is C=CC(=O)N(OC(=S)S)C(=O)C=C.[NaH]. The second kappa shape index (κ2) is 8.19. The minimum atomic E-state index is -0.735. The van der Waals surface area contributed by atoms with Gasteiger partial charge < -0.3 is 4.84 Å². The van der Waals surface area contributed by atoms with Crippen LogP contribution in [0.3, 0.4) is 0 Å². The summed E-state index contributed by atoms with van der Waals surface area (Å²) < 4.78 is -0.245. The van der Waals surface area contributed by atoms with Crippen molar-refractivity contribution < 1.29 is 14.4 Å². The molecular formula is C7H8NNaO3S2. The Morgan fingerprint density at radius 1 is 1.29 bits per heavy atom. The molecule has 0 unspecified atom stereocenters.